The first-order chi connectivity index (χ1) is 15.8. The molecule has 34 heavy (non-hydrogen) atoms. The van der Waals surface area contributed by atoms with E-state index in [-0.39, 0.29) is 31.3 Å². The summed E-state index contributed by atoms with van der Waals surface area (Å²) in [5, 5.41) is 10.7. The third kappa shape index (κ3) is 3.01. The summed E-state index contributed by atoms with van der Waals surface area (Å²) in [5.41, 5.74) is -6.84. The molecule has 5 nitrogen and oxygen atoms in total. The highest BCUT2D eigenvalue weighted by atomic mass is 32.2. The van der Waals surface area contributed by atoms with Crippen molar-refractivity contribution in [1.82, 2.24) is 0 Å². The van der Waals surface area contributed by atoms with Crippen molar-refractivity contribution in [2.75, 3.05) is 6.01 Å². The van der Waals surface area contributed by atoms with Crippen LogP contribution in [0.3, 0.4) is 0 Å². The van der Waals surface area contributed by atoms with Crippen LogP contribution in [0.5, 0.6) is 0 Å². The van der Waals surface area contributed by atoms with Crippen LogP contribution >= 0.6 is 11.8 Å². The molecule has 0 bridgehead atoms. The SMILES string of the molecule is CCC(=O)O[C@@]1(C(=O)SCF)[C@H](C)C[C@@H]2[C@H]3C[C@H](F)C4=CC(=O)C=C[C@]4(C)[C@]3(F)[C@@H](O)C[C@@]21C. The van der Waals surface area contributed by atoms with Gasteiger partial charge in [0.2, 0.25) is 5.12 Å². The number of esters is 1. The molecule has 4 aliphatic carbocycles. The number of hydrogen-bond donors (Lipinski definition) is 1. The molecule has 0 heterocycles. The third-order valence-corrected chi connectivity index (χ3v) is 9.90. The maximum Gasteiger partial charge on any atom is 0.306 e. The molecule has 0 spiro atoms. The molecule has 4 rings (SSSR count). The van der Waals surface area contributed by atoms with Crippen molar-refractivity contribution in [2.45, 2.75) is 76.9 Å². The topological polar surface area (TPSA) is 80.7 Å². The Morgan fingerprint density at radius 1 is 1.26 bits per heavy atom. The fourth-order valence-electron chi connectivity index (χ4n) is 7.63. The van der Waals surface area contributed by atoms with Crippen molar-refractivity contribution in [2.24, 2.45) is 28.6 Å². The van der Waals surface area contributed by atoms with E-state index in [0.29, 0.717) is 11.8 Å². The van der Waals surface area contributed by atoms with Crippen LogP contribution in [0, 0.1) is 28.6 Å². The molecule has 0 aromatic carbocycles. The summed E-state index contributed by atoms with van der Waals surface area (Å²) in [4.78, 5) is 37.8. The molecule has 0 aromatic rings. The van der Waals surface area contributed by atoms with E-state index >= 15 is 8.78 Å². The molecule has 0 saturated heterocycles. The van der Waals surface area contributed by atoms with Crippen LogP contribution in [0.2, 0.25) is 0 Å². The number of fused-ring (bicyclic) bond motifs is 5. The quantitative estimate of drug-likeness (QED) is 0.576. The van der Waals surface area contributed by atoms with Crippen LogP contribution in [0.1, 0.15) is 53.4 Å². The first kappa shape index (κ1) is 25.5. The Balaban J connectivity index is 1.87. The smallest absolute Gasteiger partial charge is 0.306 e. The van der Waals surface area contributed by atoms with Crippen molar-refractivity contribution in [1.29, 1.82) is 0 Å². The van der Waals surface area contributed by atoms with Crippen molar-refractivity contribution in [3.8, 4) is 0 Å². The summed E-state index contributed by atoms with van der Waals surface area (Å²) >= 11 is 0.396. The second-order valence-corrected chi connectivity index (χ2v) is 11.5. The van der Waals surface area contributed by atoms with E-state index in [4.69, 9.17) is 4.74 Å². The molecule has 0 radical (unpaired) electrons. The van der Waals surface area contributed by atoms with Gasteiger partial charge in [0.1, 0.15) is 12.2 Å². The monoisotopic (exact) mass is 500 g/mol. The molecule has 1 N–H and O–H groups in total. The number of hydrogen-bond acceptors (Lipinski definition) is 6. The van der Waals surface area contributed by atoms with Gasteiger partial charge in [0.05, 0.1) is 6.10 Å². The number of carbonyl (C=O) groups excluding carboxylic acids is 3. The second-order valence-electron chi connectivity index (χ2n) is 10.6. The molecule has 188 valence electrons. The summed E-state index contributed by atoms with van der Waals surface area (Å²) in [7, 11) is 0. The summed E-state index contributed by atoms with van der Waals surface area (Å²) in [5.74, 6) is -3.30. The summed E-state index contributed by atoms with van der Waals surface area (Å²) < 4.78 is 51.8. The lowest BCUT2D eigenvalue weighted by molar-refractivity contribution is -0.228. The van der Waals surface area contributed by atoms with Crippen molar-refractivity contribution < 1.29 is 37.4 Å². The van der Waals surface area contributed by atoms with Crippen LogP contribution in [0.25, 0.3) is 0 Å². The van der Waals surface area contributed by atoms with E-state index in [1.54, 1.807) is 20.8 Å². The fraction of sp³-hybridized carbons (Fsp3) is 0.720. The Labute approximate surface area is 201 Å². The number of allylic oxidation sites excluding steroid dienone is 4. The Bertz CT molecular complexity index is 984. The van der Waals surface area contributed by atoms with Gasteiger partial charge >= 0.3 is 5.97 Å². The molecule has 9 atom stereocenters. The van der Waals surface area contributed by atoms with Gasteiger partial charge in [0.15, 0.2) is 17.1 Å². The zero-order valence-corrected chi connectivity index (χ0v) is 20.6. The maximum atomic E-state index is 17.2. The highest BCUT2D eigenvalue weighted by molar-refractivity contribution is 8.13. The van der Waals surface area contributed by atoms with Gasteiger partial charge in [-0.25, -0.2) is 13.2 Å². The number of rotatable bonds is 4. The van der Waals surface area contributed by atoms with Crippen LogP contribution < -0.4 is 0 Å². The minimum absolute atomic E-state index is 0.0141. The van der Waals surface area contributed by atoms with Gasteiger partial charge in [-0.15, -0.1) is 0 Å². The summed E-state index contributed by atoms with van der Waals surface area (Å²) in [6.45, 7) is 6.45. The minimum atomic E-state index is -2.30. The van der Waals surface area contributed by atoms with E-state index in [0.717, 1.165) is 6.08 Å². The number of halogens is 3. The summed E-state index contributed by atoms with van der Waals surface area (Å²) in [6.07, 6.45) is 0.160. The summed E-state index contributed by atoms with van der Waals surface area (Å²) in [6, 6.07) is -1.02. The molecule has 3 fully saturated rings. The average Bonchev–Trinajstić information content (AvgIpc) is 2.99. The Morgan fingerprint density at radius 2 is 1.94 bits per heavy atom. The minimum Gasteiger partial charge on any atom is -0.449 e. The lowest BCUT2D eigenvalue weighted by atomic mass is 9.44. The molecular formula is C25H31F3O5S. The predicted molar refractivity (Wildman–Crippen MR) is 121 cm³/mol. The first-order valence-electron chi connectivity index (χ1n) is 11.7. The Kier molecular flexibility index (Phi) is 6.16. The molecule has 3 saturated carbocycles. The number of ether oxygens (including phenoxy) is 1. The Morgan fingerprint density at radius 3 is 2.56 bits per heavy atom. The molecule has 0 aromatic heterocycles. The van der Waals surface area contributed by atoms with Crippen LogP contribution in [-0.2, 0) is 19.1 Å². The number of thioether (sulfide) groups is 1. The standard InChI is InChI=1S/C25H31F3O5S/c1-5-20(31)33-25(21(32)34-12-26)13(2)8-15-16-10-18(27)17-9-14(29)6-7-22(17,3)24(16,28)19(30)11-23(15,25)4/h6-7,9,13,15-16,18-19,30H,5,8,10-12H2,1-4H3/t13-,15-,16-,18+,19+,22+,23+,24-,25-/m1/s1. The average molecular weight is 501 g/mol. The molecule has 0 amide bonds. The van der Waals surface area contributed by atoms with Crippen LogP contribution in [0.4, 0.5) is 13.2 Å². The largest absolute Gasteiger partial charge is 0.449 e. The highest BCUT2D eigenvalue weighted by Crippen LogP contribution is 2.72. The molecule has 9 heteroatoms. The Hall–Kier alpha value is -1.61. The van der Waals surface area contributed by atoms with Gasteiger partial charge in [-0.05, 0) is 61.6 Å². The number of aliphatic hydroxyl groups excluding tert-OH is 1. The fourth-order valence-corrected chi connectivity index (χ4v) is 8.42. The lowest BCUT2D eigenvalue weighted by Crippen LogP contribution is -2.70. The normalized spacial score (nSPS) is 47.4. The molecule has 4 aliphatic rings. The number of aliphatic hydroxyl groups is 1. The first-order valence-corrected chi connectivity index (χ1v) is 12.7. The second kappa shape index (κ2) is 8.22. The van der Waals surface area contributed by atoms with E-state index in [1.807, 2.05) is 0 Å². The number of carbonyl (C=O) groups is 3. The predicted octanol–water partition coefficient (Wildman–Crippen LogP) is 4.43. The van der Waals surface area contributed by atoms with E-state index in [2.05, 4.69) is 0 Å². The maximum absolute atomic E-state index is 17.2. The third-order valence-electron chi connectivity index (χ3n) is 9.22. The highest BCUT2D eigenvalue weighted by Gasteiger charge is 2.78. The van der Waals surface area contributed by atoms with Gasteiger partial charge in [-0.2, -0.15) is 0 Å². The number of ketones is 1. The molecule has 0 aliphatic heterocycles. The zero-order valence-electron chi connectivity index (χ0n) is 19.8. The van der Waals surface area contributed by atoms with Crippen molar-refractivity contribution >= 4 is 28.6 Å². The van der Waals surface area contributed by atoms with E-state index in [9.17, 15) is 23.9 Å². The van der Waals surface area contributed by atoms with Crippen LogP contribution in [-0.4, -0.2) is 51.5 Å². The van der Waals surface area contributed by atoms with Crippen molar-refractivity contribution in [3.63, 3.8) is 0 Å². The van der Waals surface area contributed by atoms with Gasteiger partial charge in [-0.1, -0.05) is 26.8 Å². The van der Waals surface area contributed by atoms with E-state index < -0.39 is 75.0 Å². The zero-order chi connectivity index (χ0) is 25.3. The lowest BCUT2D eigenvalue weighted by Gasteiger charge is -2.63. The van der Waals surface area contributed by atoms with Gasteiger partial charge in [0, 0.05) is 29.1 Å². The van der Waals surface area contributed by atoms with Gasteiger partial charge in [0.25, 0.3) is 0 Å². The van der Waals surface area contributed by atoms with Gasteiger partial charge in [-0.3, -0.25) is 14.4 Å². The van der Waals surface area contributed by atoms with E-state index in [1.165, 1.54) is 19.1 Å². The number of alkyl halides is 3. The molecule has 0 unspecified atom stereocenters. The molecular weight excluding hydrogens is 469 g/mol. The van der Waals surface area contributed by atoms with Gasteiger partial charge < -0.3 is 9.84 Å². The van der Waals surface area contributed by atoms with Crippen LogP contribution in [0.15, 0.2) is 23.8 Å². The van der Waals surface area contributed by atoms with Crippen molar-refractivity contribution in [3.05, 3.63) is 23.8 Å².